The molecule has 0 heterocycles. The molecule has 2 N–H and O–H groups in total. The Bertz CT molecular complexity index is 610. The lowest BCUT2D eigenvalue weighted by Gasteiger charge is -2.08. The minimum Gasteiger partial charge on any atom is -0.469 e. The van der Waals surface area contributed by atoms with E-state index >= 15 is 0 Å². The first-order valence-electron chi connectivity index (χ1n) is 8.12. The fraction of sp³-hybridized carbons (Fsp3) is 0.471. The van der Waals surface area contributed by atoms with E-state index in [0.29, 0.717) is 23.8 Å². The summed E-state index contributed by atoms with van der Waals surface area (Å²) in [5.74, 6) is -0.109. The van der Waals surface area contributed by atoms with Crippen molar-refractivity contribution in [3.63, 3.8) is 0 Å². The second kappa shape index (κ2) is 12.1. The normalized spacial score (nSPS) is 11.2. The SMILES string of the molecule is COC(=O)CCCCCNC(=S)N/N=C(/C)c1ccc(OC(F)F)cc1. The Morgan fingerprint density at radius 1 is 1.23 bits per heavy atom. The van der Waals surface area contributed by atoms with Gasteiger partial charge < -0.3 is 14.8 Å². The molecular weight excluding hydrogens is 364 g/mol. The number of alkyl halides is 2. The van der Waals surface area contributed by atoms with E-state index in [-0.39, 0.29) is 11.7 Å². The summed E-state index contributed by atoms with van der Waals surface area (Å²) in [4.78, 5) is 11.0. The van der Waals surface area contributed by atoms with Crippen LogP contribution < -0.4 is 15.5 Å². The topological polar surface area (TPSA) is 72.0 Å². The predicted molar refractivity (Wildman–Crippen MR) is 99.5 cm³/mol. The Labute approximate surface area is 156 Å². The number of unbranched alkanes of at least 4 members (excludes halogenated alkanes) is 2. The van der Waals surface area contributed by atoms with Gasteiger partial charge in [-0.3, -0.25) is 10.2 Å². The molecule has 9 heteroatoms. The van der Waals surface area contributed by atoms with Crippen LogP contribution in [0.2, 0.25) is 0 Å². The van der Waals surface area contributed by atoms with Gasteiger partial charge in [-0.2, -0.15) is 13.9 Å². The van der Waals surface area contributed by atoms with Crippen molar-refractivity contribution >= 4 is 29.0 Å². The van der Waals surface area contributed by atoms with E-state index in [1.54, 1.807) is 19.1 Å². The number of thiocarbonyl (C=S) groups is 1. The number of carbonyl (C=O) groups excluding carboxylic acids is 1. The summed E-state index contributed by atoms with van der Waals surface area (Å²) >= 11 is 5.12. The van der Waals surface area contributed by atoms with Crippen molar-refractivity contribution in [2.75, 3.05) is 13.7 Å². The van der Waals surface area contributed by atoms with Gasteiger partial charge in [-0.15, -0.1) is 0 Å². The van der Waals surface area contributed by atoms with E-state index in [9.17, 15) is 13.6 Å². The first-order valence-corrected chi connectivity index (χ1v) is 8.53. The molecule has 0 aliphatic rings. The average Bonchev–Trinajstić information content (AvgIpc) is 2.62. The second-order valence-corrected chi connectivity index (χ2v) is 5.76. The number of rotatable bonds is 10. The highest BCUT2D eigenvalue weighted by atomic mass is 32.1. The van der Waals surface area contributed by atoms with E-state index in [1.165, 1.54) is 19.2 Å². The van der Waals surface area contributed by atoms with Gasteiger partial charge >= 0.3 is 12.6 Å². The van der Waals surface area contributed by atoms with Crippen molar-refractivity contribution in [1.82, 2.24) is 10.7 Å². The van der Waals surface area contributed by atoms with Crippen LogP contribution in [0.15, 0.2) is 29.4 Å². The third kappa shape index (κ3) is 9.26. The highest BCUT2D eigenvalue weighted by molar-refractivity contribution is 7.80. The molecule has 1 rings (SSSR count). The Hall–Kier alpha value is -2.29. The van der Waals surface area contributed by atoms with Crippen molar-refractivity contribution in [2.45, 2.75) is 39.2 Å². The fourth-order valence-corrected chi connectivity index (χ4v) is 2.14. The number of nitrogens with one attached hydrogen (secondary N) is 2. The number of hydrazone groups is 1. The molecule has 0 radical (unpaired) electrons. The summed E-state index contributed by atoms with van der Waals surface area (Å²) in [5.41, 5.74) is 4.13. The minimum atomic E-state index is -2.85. The number of methoxy groups -OCH3 is 1. The second-order valence-electron chi connectivity index (χ2n) is 5.35. The smallest absolute Gasteiger partial charge is 0.387 e. The van der Waals surface area contributed by atoms with Crippen molar-refractivity contribution in [3.8, 4) is 5.75 Å². The molecule has 0 saturated heterocycles. The summed E-state index contributed by atoms with van der Waals surface area (Å²) in [6, 6.07) is 6.17. The first kappa shape index (κ1) is 21.8. The molecule has 0 aliphatic heterocycles. The molecule has 0 fully saturated rings. The van der Waals surface area contributed by atoms with Crippen molar-refractivity contribution in [2.24, 2.45) is 5.10 Å². The van der Waals surface area contributed by atoms with E-state index in [1.807, 2.05) is 0 Å². The van der Waals surface area contributed by atoms with Crippen LogP contribution in [0.25, 0.3) is 0 Å². The van der Waals surface area contributed by atoms with Crippen LogP contribution in [0.4, 0.5) is 8.78 Å². The van der Waals surface area contributed by atoms with Gasteiger partial charge in [0.1, 0.15) is 5.75 Å². The molecule has 0 amide bonds. The summed E-state index contributed by atoms with van der Waals surface area (Å²) in [5, 5.41) is 7.55. The molecule has 0 bridgehead atoms. The Morgan fingerprint density at radius 3 is 2.54 bits per heavy atom. The highest BCUT2D eigenvalue weighted by Crippen LogP contribution is 2.15. The highest BCUT2D eigenvalue weighted by Gasteiger charge is 2.05. The third-order valence-corrected chi connectivity index (χ3v) is 3.63. The minimum absolute atomic E-state index is 0.0916. The molecule has 26 heavy (non-hydrogen) atoms. The maximum atomic E-state index is 12.1. The summed E-state index contributed by atoms with van der Waals surface area (Å²) in [7, 11) is 1.38. The third-order valence-electron chi connectivity index (χ3n) is 3.39. The lowest BCUT2D eigenvalue weighted by molar-refractivity contribution is -0.140. The van der Waals surface area contributed by atoms with Crippen molar-refractivity contribution in [3.05, 3.63) is 29.8 Å². The maximum absolute atomic E-state index is 12.1. The number of carbonyl (C=O) groups is 1. The molecular formula is C17H23F2N3O3S. The molecule has 1 aromatic rings. The molecule has 144 valence electrons. The molecule has 6 nitrogen and oxygen atoms in total. The molecule has 0 aliphatic carbocycles. The predicted octanol–water partition coefficient (Wildman–Crippen LogP) is 3.21. The fourth-order valence-electron chi connectivity index (χ4n) is 1.99. The van der Waals surface area contributed by atoms with Crippen LogP contribution in [0.3, 0.4) is 0 Å². The first-order chi connectivity index (χ1) is 12.4. The van der Waals surface area contributed by atoms with Crippen LogP contribution in [-0.4, -0.2) is 37.1 Å². The van der Waals surface area contributed by atoms with Gasteiger partial charge in [0.25, 0.3) is 0 Å². The zero-order valence-corrected chi connectivity index (χ0v) is 15.6. The Morgan fingerprint density at radius 2 is 1.92 bits per heavy atom. The molecule has 1 aromatic carbocycles. The number of benzene rings is 1. The van der Waals surface area contributed by atoms with Gasteiger partial charge in [-0.05, 0) is 61.8 Å². The number of ether oxygens (including phenoxy) is 2. The number of hydrogen-bond acceptors (Lipinski definition) is 5. The van der Waals surface area contributed by atoms with Crippen LogP contribution in [-0.2, 0) is 9.53 Å². The van der Waals surface area contributed by atoms with Gasteiger partial charge in [0.2, 0.25) is 0 Å². The number of halogens is 2. The monoisotopic (exact) mass is 387 g/mol. The maximum Gasteiger partial charge on any atom is 0.387 e. The summed E-state index contributed by atoms with van der Waals surface area (Å²) in [6.45, 7) is -0.409. The van der Waals surface area contributed by atoms with Crippen LogP contribution >= 0.6 is 12.2 Å². The van der Waals surface area contributed by atoms with Crippen LogP contribution in [0.1, 0.15) is 38.2 Å². The van der Waals surface area contributed by atoms with Gasteiger partial charge in [0.15, 0.2) is 5.11 Å². The van der Waals surface area contributed by atoms with E-state index < -0.39 is 6.61 Å². The average molecular weight is 387 g/mol. The van der Waals surface area contributed by atoms with Crippen molar-refractivity contribution in [1.29, 1.82) is 0 Å². The molecule has 0 spiro atoms. The lowest BCUT2D eigenvalue weighted by Crippen LogP contribution is -2.33. The number of esters is 1. The zero-order chi connectivity index (χ0) is 19.4. The largest absolute Gasteiger partial charge is 0.469 e. The number of nitrogens with zero attached hydrogens (tertiary/aromatic N) is 1. The Kier molecular flexibility index (Phi) is 10.1. The van der Waals surface area contributed by atoms with Gasteiger partial charge in [0.05, 0.1) is 12.8 Å². The van der Waals surface area contributed by atoms with E-state index in [0.717, 1.165) is 24.8 Å². The molecule has 0 unspecified atom stereocenters. The summed E-state index contributed by atoms with van der Waals surface area (Å²) in [6.07, 6.45) is 2.95. The summed E-state index contributed by atoms with van der Waals surface area (Å²) < 4.78 is 33.1. The molecule has 0 atom stereocenters. The van der Waals surface area contributed by atoms with Crippen LogP contribution in [0.5, 0.6) is 5.75 Å². The zero-order valence-electron chi connectivity index (χ0n) is 14.8. The van der Waals surface area contributed by atoms with Crippen LogP contribution in [0, 0.1) is 0 Å². The Balaban J connectivity index is 2.28. The van der Waals surface area contributed by atoms with Crippen molar-refractivity contribution < 1.29 is 23.0 Å². The quantitative estimate of drug-likeness (QED) is 0.211. The van der Waals surface area contributed by atoms with E-state index in [4.69, 9.17) is 12.2 Å². The molecule has 0 saturated carbocycles. The lowest BCUT2D eigenvalue weighted by atomic mass is 10.1. The van der Waals surface area contributed by atoms with E-state index in [2.05, 4.69) is 25.3 Å². The molecule has 0 aromatic heterocycles. The number of hydrogen-bond donors (Lipinski definition) is 2. The standard InChI is InChI=1S/C17H23F2N3O3S/c1-12(13-7-9-14(10-8-13)25-16(18)19)21-22-17(26)20-11-5-3-4-6-15(23)24-2/h7-10,16H,3-6,11H2,1-2H3,(H2,20,22,26)/b21-12-. The van der Waals surface area contributed by atoms with Gasteiger partial charge in [0, 0.05) is 13.0 Å². The van der Waals surface area contributed by atoms with Gasteiger partial charge in [-0.25, -0.2) is 0 Å². The van der Waals surface area contributed by atoms with Gasteiger partial charge in [-0.1, -0.05) is 6.42 Å².